The summed E-state index contributed by atoms with van der Waals surface area (Å²) in [4.78, 5) is 26.5. The van der Waals surface area contributed by atoms with Gasteiger partial charge in [-0.2, -0.15) is 9.78 Å². The van der Waals surface area contributed by atoms with Crippen molar-refractivity contribution in [2.75, 3.05) is 0 Å². The molecule has 0 atom stereocenters. The van der Waals surface area contributed by atoms with Gasteiger partial charge in [0.25, 0.3) is 0 Å². The molecule has 0 bridgehead atoms. The molecule has 0 amide bonds. The molecule has 0 aliphatic heterocycles. The van der Waals surface area contributed by atoms with Crippen LogP contribution in [0.5, 0.6) is 0 Å². The zero-order valence-corrected chi connectivity index (χ0v) is 12.4. The predicted octanol–water partition coefficient (Wildman–Crippen LogP) is 2.06. The molecule has 0 unspecified atom stereocenters. The van der Waals surface area contributed by atoms with Crippen LogP contribution >= 0.6 is 0 Å². The predicted molar refractivity (Wildman–Crippen MR) is 86.4 cm³/mol. The van der Waals surface area contributed by atoms with Gasteiger partial charge in [-0.25, -0.2) is 9.97 Å². The number of hydrogen-bond donors (Lipinski definition) is 2. The van der Waals surface area contributed by atoms with E-state index in [-0.39, 0.29) is 5.56 Å². The Hall–Kier alpha value is -3.22. The Morgan fingerprint density at radius 2 is 2.00 bits per heavy atom. The normalized spacial score (nSPS) is 11.2. The third kappa shape index (κ3) is 2.22. The lowest BCUT2D eigenvalue weighted by Gasteiger charge is -2.07. The first-order valence-electron chi connectivity index (χ1n) is 7.34. The molecule has 4 aromatic rings. The second-order valence-corrected chi connectivity index (χ2v) is 5.14. The number of fused-ring (bicyclic) bond motifs is 1. The first kappa shape index (κ1) is 13.4. The average Bonchev–Trinajstić information content (AvgIpc) is 3.20. The van der Waals surface area contributed by atoms with Crippen molar-refractivity contribution in [2.24, 2.45) is 0 Å². The van der Waals surface area contributed by atoms with E-state index in [2.05, 4.69) is 25.0 Å². The van der Waals surface area contributed by atoms with E-state index in [4.69, 9.17) is 0 Å². The molecule has 0 saturated heterocycles. The van der Waals surface area contributed by atoms with E-state index in [1.165, 1.54) is 12.4 Å². The van der Waals surface area contributed by atoms with Crippen molar-refractivity contribution in [2.45, 2.75) is 13.3 Å². The summed E-state index contributed by atoms with van der Waals surface area (Å²) < 4.78 is 1.65. The van der Waals surface area contributed by atoms with Crippen LogP contribution in [0, 0.1) is 0 Å². The van der Waals surface area contributed by atoms with Crippen LogP contribution in [0.15, 0.2) is 47.5 Å². The molecule has 2 N–H and O–H groups in total. The maximum absolute atomic E-state index is 11.5. The molecule has 0 saturated carbocycles. The number of H-pyrrole nitrogens is 2. The van der Waals surface area contributed by atoms with Crippen molar-refractivity contribution in [3.8, 4) is 17.3 Å². The van der Waals surface area contributed by atoms with Gasteiger partial charge in [0.1, 0.15) is 6.33 Å². The molecule has 0 aliphatic carbocycles. The number of benzene rings is 1. The molecule has 0 radical (unpaired) electrons. The number of rotatable bonds is 3. The summed E-state index contributed by atoms with van der Waals surface area (Å²) in [5, 5.41) is 4.28. The number of aryl methyl sites for hydroxylation is 1. The molecular weight excluding hydrogens is 292 g/mol. The third-order valence-electron chi connectivity index (χ3n) is 3.72. The van der Waals surface area contributed by atoms with E-state index < -0.39 is 0 Å². The van der Waals surface area contributed by atoms with Crippen molar-refractivity contribution in [1.29, 1.82) is 0 Å². The minimum atomic E-state index is -0.125. The number of nitrogens with one attached hydrogen (secondary N) is 2. The summed E-state index contributed by atoms with van der Waals surface area (Å²) in [6.45, 7) is 1.98. The standard InChI is InChI=1S/C16H14N6O/c1-2-11-10(7-8-14(23)19-11)15-17-9-18-22(15)16-20-12-5-3-4-6-13(12)21-16/h3-9H,2H2,1H3,(H,19,23)(H,20,21). The molecule has 114 valence electrons. The highest BCUT2D eigenvalue weighted by molar-refractivity contribution is 5.76. The second-order valence-electron chi connectivity index (χ2n) is 5.14. The summed E-state index contributed by atoms with van der Waals surface area (Å²) in [6.07, 6.45) is 2.17. The number of nitrogens with zero attached hydrogens (tertiary/aromatic N) is 4. The smallest absolute Gasteiger partial charge is 0.248 e. The van der Waals surface area contributed by atoms with Gasteiger partial charge < -0.3 is 9.97 Å². The van der Waals surface area contributed by atoms with E-state index in [1.807, 2.05) is 31.2 Å². The Bertz CT molecular complexity index is 1010. The van der Waals surface area contributed by atoms with Crippen LogP contribution in [-0.2, 0) is 6.42 Å². The monoisotopic (exact) mass is 306 g/mol. The van der Waals surface area contributed by atoms with E-state index in [0.717, 1.165) is 22.3 Å². The van der Waals surface area contributed by atoms with Crippen molar-refractivity contribution in [1.82, 2.24) is 29.7 Å². The molecule has 7 nitrogen and oxygen atoms in total. The van der Waals surface area contributed by atoms with Crippen LogP contribution in [0.4, 0.5) is 0 Å². The van der Waals surface area contributed by atoms with Gasteiger partial charge in [0.15, 0.2) is 5.82 Å². The average molecular weight is 306 g/mol. The highest BCUT2D eigenvalue weighted by Crippen LogP contribution is 2.22. The van der Waals surface area contributed by atoms with E-state index >= 15 is 0 Å². The van der Waals surface area contributed by atoms with Gasteiger partial charge in [0, 0.05) is 17.3 Å². The van der Waals surface area contributed by atoms with Gasteiger partial charge >= 0.3 is 0 Å². The van der Waals surface area contributed by atoms with Crippen molar-refractivity contribution in [3.63, 3.8) is 0 Å². The van der Waals surface area contributed by atoms with Crippen LogP contribution in [0.3, 0.4) is 0 Å². The molecule has 1 aromatic carbocycles. The molecule has 0 aliphatic rings. The Morgan fingerprint density at radius 3 is 2.83 bits per heavy atom. The van der Waals surface area contributed by atoms with E-state index in [1.54, 1.807) is 10.7 Å². The number of pyridine rings is 1. The molecule has 0 fully saturated rings. The Kier molecular flexibility index (Phi) is 3.04. The summed E-state index contributed by atoms with van der Waals surface area (Å²) in [7, 11) is 0. The fourth-order valence-corrected chi connectivity index (χ4v) is 2.63. The number of imidazole rings is 1. The van der Waals surface area contributed by atoms with Crippen LogP contribution in [0.25, 0.3) is 28.4 Å². The Balaban J connectivity index is 1.90. The molecule has 7 heteroatoms. The Morgan fingerprint density at radius 1 is 1.13 bits per heavy atom. The van der Waals surface area contributed by atoms with Gasteiger partial charge in [-0.15, -0.1) is 0 Å². The zero-order chi connectivity index (χ0) is 15.8. The number of aromatic amines is 2. The van der Waals surface area contributed by atoms with Crippen LogP contribution in [0.2, 0.25) is 0 Å². The molecular formula is C16H14N6O. The lowest BCUT2D eigenvalue weighted by molar-refractivity contribution is 0.831. The highest BCUT2D eigenvalue weighted by Gasteiger charge is 2.15. The van der Waals surface area contributed by atoms with Crippen LogP contribution in [-0.4, -0.2) is 29.7 Å². The quantitative estimate of drug-likeness (QED) is 0.606. The molecule has 0 spiro atoms. The molecule has 23 heavy (non-hydrogen) atoms. The highest BCUT2D eigenvalue weighted by atomic mass is 16.1. The number of para-hydroxylation sites is 2. The molecule has 4 rings (SSSR count). The lowest BCUT2D eigenvalue weighted by atomic mass is 10.1. The van der Waals surface area contributed by atoms with Gasteiger partial charge in [-0.3, -0.25) is 4.79 Å². The molecule has 3 aromatic heterocycles. The van der Waals surface area contributed by atoms with Gasteiger partial charge in [-0.05, 0) is 24.6 Å². The summed E-state index contributed by atoms with van der Waals surface area (Å²) >= 11 is 0. The maximum Gasteiger partial charge on any atom is 0.248 e. The van der Waals surface area contributed by atoms with Crippen LogP contribution in [0.1, 0.15) is 12.6 Å². The fraction of sp³-hybridized carbons (Fsp3) is 0.125. The van der Waals surface area contributed by atoms with E-state index in [9.17, 15) is 4.79 Å². The fourth-order valence-electron chi connectivity index (χ4n) is 2.63. The van der Waals surface area contributed by atoms with Gasteiger partial charge in [0.05, 0.1) is 11.0 Å². The SMILES string of the molecule is CCc1[nH]c(=O)ccc1-c1ncnn1-c1nc2ccccc2[nH]1. The minimum Gasteiger partial charge on any atom is -0.325 e. The Labute approximate surface area is 131 Å². The van der Waals surface area contributed by atoms with Crippen LogP contribution < -0.4 is 5.56 Å². The minimum absolute atomic E-state index is 0.125. The topological polar surface area (TPSA) is 92.2 Å². The zero-order valence-electron chi connectivity index (χ0n) is 12.4. The summed E-state index contributed by atoms with van der Waals surface area (Å²) in [6, 6.07) is 11.0. The van der Waals surface area contributed by atoms with Gasteiger partial charge in [-0.1, -0.05) is 19.1 Å². The summed E-state index contributed by atoms with van der Waals surface area (Å²) in [5.41, 5.74) is 3.33. The lowest BCUT2D eigenvalue weighted by Crippen LogP contribution is -2.10. The summed E-state index contributed by atoms with van der Waals surface area (Å²) in [5.74, 6) is 1.23. The third-order valence-corrected chi connectivity index (χ3v) is 3.72. The van der Waals surface area contributed by atoms with Crippen molar-refractivity contribution >= 4 is 11.0 Å². The van der Waals surface area contributed by atoms with E-state index in [0.29, 0.717) is 18.2 Å². The number of aromatic nitrogens is 6. The maximum atomic E-state index is 11.5. The van der Waals surface area contributed by atoms with Crippen molar-refractivity contribution < 1.29 is 0 Å². The second kappa shape index (κ2) is 5.20. The molecule has 3 heterocycles. The number of hydrogen-bond acceptors (Lipinski definition) is 4. The first-order valence-corrected chi connectivity index (χ1v) is 7.34. The largest absolute Gasteiger partial charge is 0.325 e. The van der Waals surface area contributed by atoms with Crippen molar-refractivity contribution in [3.05, 3.63) is 58.8 Å². The van der Waals surface area contributed by atoms with Gasteiger partial charge in [0.2, 0.25) is 11.5 Å². The first-order chi connectivity index (χ1) is 11.3.